The van der Waals surface area contributed by atoms with Crippen molar-refractivity contribution in [3.05, 3.63) is 126 Å². The molecule has 0 saturated carbocycles. The molecule has 0 aromatic heterocycles. The second-order valence-corrected chi connectivity index (χ2v) is 8.59. The molecule has 0 aliphatic carbocycles. The lowest BCUT2D eigenvalue weighted by Crippen LogP contribution is -2.21. The van der Waals surface area contributed by atoms with Crippen LogP contribution in [0, 0.1) is 11.3 Å². The summed E-state index contributed by atoms with van der Waals surface area (Å²) in [7, 11) is 0. The van der Waals surface area contributed by atoms with E-state index >= 15 is 0 Å². The molecule has 0 radical (unpaired) electrons. The van der Waals surface area contributed by atoms with Crippen LogP contribution in [0.5, 0.6) is 17.2 Å². The van der Waals surface area contributed by atoms with Crippen LogP contribution < -0.4 is 19.9 Å². The van der Waals surface area contributed by atoms with Gasteiger partial charge in [0, 0.05) is 11.6 Å². The molecule has 5 rings (SSSR count). The van der Waals surface area contributed by atoms with E-state index in [1.54, 1.807) is 24.3 Å². The second kappa shape index (κ2) is 10.3. The van der Waals surface area contributed by atoms with E-state index in [1.165, 1.54) is 0 Å². The van der Waals surface area contributed by atoms with Gasteiger partial charge < -0.3 is 19.9 Å². The van der Waals surface area contributed by atoms with Gasteiger partial charge >= 0.3 is 5.97 Å². The highest BCUT2D eigenvalue weighted by molar-refractivity contribution is 5.89. The first-order chi connectivity index (χ1) is 18.1. The molecule has 4 aromatic rings. The molecule has 1 unspecified atom stereocenters. The van der Waals surface area contributed by atoms with Crippen molar-refractivity contribution in [1.82, 2.24) is 0 Å². The van der Waals surface area contributed by atoms with Crippen molar-refractivity contribution < 1.29 is 19.0 Å². The fourth-order valence-electron chi connectivity index (χ4n) is 4.55. The Kier molecular flexibility index (Phi) is 6.60. The molecule has 37 heavy (non-hydrogen) atoms. The van der Waals surface area contributed by atoms with Gasteiger partial charge in [0.2, 0.25) is 5.88 Å². The second-order valence-electron chi connectivity index (χ2n) is 8.59. The third kappa shape index (κ3) is 4.89. The number of esters is 1. The maximum absolute atomic E-state index is 12.8. The van der Waals surface area contributed by atoms with E-state index in [-0.39, 0.29) is 12.3 Å². The maximum Gasteiger partial charge on any atom is 0.315 e. The van der Waals surface area contributed by atoms with Crippen molar-refractivity contribution in [1.29, 1.82) is 5.26 Å². The van der Waals surface area contributed by atoms with Crippen LogP contribution >= 0.6 is 0 Å². The van der Waals surface area contributed by atoms with E-state index < -0.39 is 11.9 Å². The average molecular weight is 489 g/mol. The zero-order valence-electron chi connectivity index (χ0n) is 20.0. The average Bonchev–Trinajstić information content (AvgIpc) is 2.91. The van der Waals surface area contributed by atoms with Crippen LogP contribution in [-0.4, -0.2) is 12.6 Å². The normalized spacial score (nSPS) is 14.3. The minimum atomic E-state index is -0.457. The molecule has 0 saturated heterocycles. The van der Waals surface area contributed by atoms with Crippen LogP contribution in [0.15, 0.2) is 109 Å². The van der Waals surface area contributed by atoms with Crippen LogP contribution in [0.3, 0.4) is 0 Å². The summed E-state index contributed by atoms with van der Waals surface area (Å²) in [4.78, 5) is 12.8. The van der Waals surface area contributed by atoms with Gasteiger partial charge in [0.15, 0.2) is 0 Å². The molecule has 0 amide bonds. The molecule has 0 fully saturated rings. The Bertz CT molecular complexity index is 1580. The Morgan fingerprint density at radius 3 is 2.68 bits per heavy atom. The number of carbonyl (C=O) groups excluding carboxylic acids is 1. The molecule has 6 nitrogen and oxygen atoms in total. The number of nitrogens with two attached hydrogens (primary N) is 1. The van der Waals surface area contributed by atoms with Crippen LogP contribution in [0.1, 0.15) is 22.6 Å². The number of benzene rings is 4. The topological polar surface area (TPSA) is 94.6 Å². The van der Waals surface area contributed by atoms with Gasteiger partial charge in [-0.2, -0.15) is 5.26 Å². The van der Waals surface area contributed by atoms with E-state index in [4.69, 9.17) is 19.9 Å². The number of nitrogens with zero attached hydrogens (tertiary/aromatic N) is 1. The minimum absolute atomic E-state index is 0.0108. The summed E-state index contributed by atoms with van der Waals surface area (Å²) in [6, 6.07) is 28.5. The Balaban J connectivity index is 1.42. The van der Waals surface area contributed by atoms with Gasteiger partial charge in [0.25, 0.3) is 0 Å². The molecule has 1 aliphatic rings. The number of allylic oxidation sites excluding steroid dienone is 1. The first-order valence-electron chi connectivity index (χ1n) is 11.8. The smallest absolute Gasteiger partial charge is 0.315 e. The van der Waals surface area contributed by atoms with Gasteiger partial charge in [0.05, 0.1) is 12.3 Å². The van der Waals surface area contributed by atoms with Crippen LogP contribution in [0.2, 0.25) is 0 Å². The maximum atomic E-state index is 12.8. The van der Waals surface area contributed by atoms with E-state index in [2.05, 4.69) is 12.6 Å². The molecule has 4 aromatic carbocycles. The SMILES string of the molecule is C=CCOc1cccc(C2C(C#N)=C(N)Oc3cc(OC(=O)Cc4cccc5ccccc45)ccc32)c1. The van der Waals surface area contributed by atoms with E-state index in [0.717, 1.165) is 27.5 Å². The Morgan fingerprint density at radius 2 is 1.84 bits per heavy atom. The van der Waals surface area contributed by atoms with Gasteiger partial charge in [-0.25, -0.2) is 0 Å². The Hall–Kier alpha value is -5.02. The van der Waals surface area contributed by atoms with Gasteiger partial charge in [0.1, 0.15) is 35.5 Å². The van der Waals surface area contributed by atoms with Crippen LogP contribution in [0.4, 0.5) is 0 Å². The highest BCUT2D eigenvalue weighted by atomic mass is 16.5. The van der Waals surface area contributed by atoms with E-state index in [1.807, 2.05) is 66.7 Å². The lowest BCUT2D eigenvalue weighted by molar-refractivity contribution is -0.133. The van der Waals surface area contributed by atoms with Gasteiger partial charge in [-0.1, -0.05) is 73.3 Å². The van der Waals surface area contributed by atoms with Crippen molar-refractivity contribution in [3.8, 4) is 23.3 Å². The molecule has 0 spiro atoms. The minimum Gasteiger partial charge on any atom is -0.490 e. The monoisotopic (exact) mass is 488 g/mol. The standard InChI is InChI=1S/C31H24N2O4/c1-2-15-35-23-11-6-10-22(16-23)30-26-14-13-24(18-28(26)37-31(33)27(30)19-32)36-29(34)17-21-9-5-8-20-7-3-4-12-25(20)21/h2-14,16,18,30H,1,15,17,33H2. The molecule has 6 heteroatoms. The van der Waals surface area contributed by atoms with E-state index in [9.17, 15) is 10.1 Å². The zero-order chi connectivity index (χ0) is 25.8. The van der Waals surface area contributed by atoms with Gasteiger partial charge in [-0.05, 0) is 40.1 Å². The van der Waals surface area contributed by atoms with Crippen LogP contribution in [-0.2, 0) is 11.2 Å². The van der Waals surface area contributed by atoms with Crippen molar-refractivity contribution in [2.24, 2.45) is 5.73 Å². The lowest BCUT2D eigenvalue weighted by Gasteiger charge is -2.27. The molecule has 182 valence electrons. The fourth-order valence-corrected chi connectivity index (χ4v) is 4.55. The molecule has 0 bridgehead atoms. The van der Waals surface area contributed by atoms with E-state index in [0.29, 0.717) is 29.4 Å². The summed E-state index contributed by atoms with van der Waals surface area (Å²) in [5.74, 6) is 0.573. The Morgan fingerprint density at radius 1 is 1.03 bits per heavy atom. The largest absolute Gasteiger partial charge is 0.490 e. The predicted molar refractivity (Wildman–Crippen MR) is 141 cm³/mol. The number of hydrogen-bond acceptors (Lipinski definition) is 6. The quantitative estimate of drug-likeness (QED) is 0.202. The van der Waals surface area contributed by atoms with Crippen molar-refractivity contribution in [3.63, 3.8) is 0 Å². The molecule has 2 N–H and O–H groups in total. The highest BCUT2D eigenvalue weighted by Crippen LogP contribution is 2.44. The first-order valence-corrected chi connectivity index (χ1v) is 11.8. The lowest BCUT2D eigenvalue weighted by atomic mass is 9.83. The third-order valence-corrected chi connectivity index (χ3v) is 6.20. The van der Waals surface area contributed by atoms with Gasteiger partial charge in [-0.3, -0.25) is 4.79 Å². The predicted octanol–water partition coefficient (Wildman–Crippen LogP) is 5.77. The number of nitriles is 1. The number of ether oxygens (including phenoxy) is 3. The zero-order valence-corrected chi connectivity index (χ0v) is 20.0. The summed E-state index contributed by atoms with van der Waals surface area (Å²) in [5.41, 5.74) is 8.89. The number of carbonyl (C=O) groups is 1. The Labute approximate surface area is 214 Å². The number of rotatable bonds is 7. The fraction of sp³-hybridized carbons (Fsp3) is 0.0968. The molecular weight excluding hydrogens is 464 g/mol. The summed E-state index contributed by atoms with van der Waals surface area (Å²) < 4.78 is 17.1. The first kappa shape index (κ1) is 23.7. The van der Waals surface area contributed by atoms with Crippen molar-refractivity contribution in [2.45, 2.75) is 12.3 Å². The summed E-state index contributed by atoms with van der Waals surface area (Å²) in [5, 5.41) is 11.9. The molecule has 1 aliphatic heterocycles. The van der Waals surface area contributed by atoms with Gasteiger partial charge in [-0.15, -0.1) is 0 Å². The summed E-state index contributed by atoms with van der Waals surface area (Å²) in [6.07, 6.45) is 1.79. The number of hydrogen-bond donors (Lipinski definition) is 1. The summed E-state index contributed by atoms with van der Waals surface area (Å²) in [6.45, 7) is 4.04. The number of fused-ring (bicyclic) bond motifs is 2. The third-order valence-electron chi connectivity index (χ3n) is 6.20. The van der Waals surface area contributed by atoms with Crippen molar-refractivity contribution in [2.75, 3.05) is 6.61 Å². The molecule has 1 atom stereocenters. The van der Waals surface area contributed by atoms with Crippen molar-refractivity contribution >= 4 is 16.7 Å². The highest BCUT2D eigenvalue weighted by Gasteiger charge is 2.31. The molecule has 1 heterocycles. The summed E-state index contributed by atoms with van der Waals surface area (Å²) >= 11 is 0. The molecular formula is C31H24N2O4. The van der Waals surface area contributed by atoms with Crippen LogP contribution in [0.25, 0.3) is 10.8 Å².